The van der Waals surface area contributed by atoms with E-state index in [4.69, 9.17) is 4.74 Å². The van der Waals surface area contributed by atoms with Gasteiger partial charge < -0.3 is 20.4 Å². The number of aryl methyl sites for hydroxylation is 1. The molecule has 0 saturated carbocycles. The number of hydrogen-bond acceptors (Lipinski definition) is 6. The zero-order chi connectivity index (χ0) is 15.9. The fourth-order valence-corrected chi connectivity index (χ4v) is 3.61. The Balaban J connectivity index is 1.44. The number of fused-ring (bicyclic) bond motifs is 4. The highest BCUT2D eigenvalue weighted by molar-refractivity contribution is 5.80. The number of anilines is 2. The summed E-state index contributed by atoms with van der Waals surface area (Å²) in [5, 5.41) is 6.79. The van der Waals surface area contributed by atoms with Crippen LogP contribution in [0.2, 0.25) is 0 Å². The molecule has 1 aliphatic carbocycles. The van der Waals surface area contributed by atoms with Crippen LogP contribution >= 0.6 is 0 Å². The van der Waals surface area contributed by atoms with E-state index in [1.807, 2.05) is 12.3 Å². The average Bonchev–Trinajstić information content (AvgIpc) is 3.00. The van der Waals surface area contributed by atoms with Gasteiger partial charge in [0, 0.05) is 23.5 Å². The van der Waals surface area contributed by atoms with Gasteiger partial charge in [0.25, 0.3) is 0 Å². The monoisotopic (exact) mass is 322 g/mol. The van der Waals surface area contributed by atoms with Crippen molar-refractivity contribution in [2.75, 3.05) is 23.8 Å². The Hall–Kier alpha value is -2.83. The van der Waals surface area contributed by atoms with Gasteiger partial charge in [0.15, 0.2) is 11.6 Å². The summed E-state index contributed by atoms with van der Waals surface area (Å²) < 4.78 is 5.75. The first-order valence-corrected chi connectivity index (χ1v) is 8.31. The van der Waals surface area contributed by atoms with Crippen LogP contribution in [-0.4, -0.2) is 39.1 Å². The second-order valence-electron chi connectivity index (χ2n) is 6.24. The fourth-order valence-electron chi connectivity index (χ4n) is 3.61. The van der Waals surface area contributed by atoms with E-state index >= 15 is 0 Å². The third-order valence-corrected chi connectivity index (χ3v) is 4.72. The molecule has 0 fully saturated rings. The topological polar surface area (TPSA) is 87.8 Å². The van der Waals surface area contributed by atoms with Gasteiger partial charge in [0.05, 0.1) is 17.6 Å². The second kappa shape index (κ2) is 5.36. The molecule has 3 aromatic heterocycles. The Morgan fingerprint density at radius 2 is 2.25 bits per heavy atom. The van der Waals surface area contributed by atoms with E-state index in [0.29, 0.717) is 12.6 Å². The van der Waals surface area contributed by atoms with Gasteiger partial charge in [0.2, 0.25) is 5.75 Å². The minimum Gasteiger partial charge on any atom is -0.485 e. The van der Waals surface area contributed by atoms with E-state index in [9.17, 15) is 0 Å². The molecule has 0 saturated heterocycles. The van der Waals surface area contributed by atoms with Gasteiger partial charge in [-0.05, 0) is 31.4 Å². The molecule has 1 unspecified atom stereocenters. The summed E-state index contributed by atoms with van der Waals surface area (Å²) in [5.41, 5.74) is 4.83. The lowest BCUT2D eigenvalue weighted by Gasteiger charge is -2.26. The summed E-state index contributed by atoms with van der Waals surface area (Å²) in [7, 11) is 0. The summed E-state index contributed by atoms with van der Waals surface area (Å²) in [6.07, 6.45) is 6.42. The van der Waals surface area contributed by atoms with Gasteiger partial charge in [0.1, 0.15) is 12.9 Å². The smallest absolute Gasteiger partial charge is 0.204 e. The van der Waals surface area contributed by atoms with Gasteiger partial charge in [-0.25, -0.2) is 9.97 Å². The Labute approximate surface area is 138 Å². The molecule has 7 nitrogen and oxygen atoms in total. The zero-order valence-corrected chi connectivity index (χ0v) is 13.2. The number of aromatic amines is 1. The molecule has 2 aliphatic rings. The molecule has 0 radical (unpaired) electrons. The van der Waals surface area contributed by atoms with Crippen LogP contribution in [0.4, 0.5) is 11.6 Å². The van der Waals surface area contributed by atoms with Crippen molar-refractivity contribution in [2.24, 2.45) is 0 Å². The molecule has 3 aromatic rings. The minimum absolute atomic E-state index is 0.308. The Morgan fingerprint density at radius 3 is 3.25 bits per heavy atom. The third-order valence-electron chi connectivity index (χ3n) is 4.72. The lowest BCUT2D eigenvalue weighted by Crippen LogP contribution is -2.29. The van der Waals surface area contributed by atoms with E-state index in [1.54, 1.807) is 6.33 Å². The standard InChI is InChI=1S/C17H18N6O/c1-2-13-14(18-5-1)11-8-10(3-4-12(11)23-13)22-17-15-16(20-9-21-17)19-6-7-24-15/h1-2,5,9-10,23H,3-4,6-8H2,(H2,19,20,21,22). The summed E-state index contributed by atoms with van der Waals surface area (Å²) in [6, 6.07) is 4.36. The van der Waals surface area contributed by atoms with Crippen molar-refractivity contribution in [3.63, 3.8) is 0 Å². The van der Waals surface area contributed by atoms with Crippen molar-refractivity contribution < 1.29 is 4.74 Å². The maximum Gasteiger partial charge on any atom is 0.204 e. The number of rotatable bonds is 2. The number of H-pyrrole nitrogens is 1. The molecule has 0 aromatic carbocycles. The predicted octanol–water partition coefficient (Wildman–Crippen LogP) is 2.13. The van der Waals surface area contributed by atoms with Crippen LogP contribution in [0.25, 0.3) is 11.0 Å². The van der Waals surface area contributed by atoms with Gasteiger partial charge in [-0.1, -0.05) is 0 Å². The van der Waals surface area contributed by atoms with E-state index in [2.05, 4.69) is 36.6 Å². The van der Waals surface area contributed by atoms with Crippen molar-refractivity contribution in [3.05, 3.63) is 35.9 Å². The largest absolute Gasteiger partial charge is 0.485 e. The summed E-state index contributed by atoms with van der Waals surface area (Å²) >= 11 is 0. The number of hydrogen-bond donors (Lipinski definition) is 3. The predicted molar refractivity (Wildman–Crippen MR) is 91.5 cm³/mol. The lowest BCUT2D eigenvalue weighted by molar-refractivity contribution is 0.321. The molecule has 5 rings (SSSR count). The second-order valence-corrected chi connectivity index (χ2v) is 6.24. The first-order chi connectivity index (χ1) is 11.9. The third kappa shape index (κ3) is 2.16. The van der Waals surface area contributed by atoms with Gasteiger partial charge in [-0.2, -0.15) is 0 Å². The average molecular weight is 322 g/mol. The number of ether oxygens (including phenoxy) is 1. The van der Waals surface area contributed by atoms with Crippen molar-refractivity contribution in [1.82, 2.24) is 19.9 Å². The van der Waals surface area contributed by atoms with Crippen LogP contribution in [0.1, 0.15) is 17.7 Å². The van der Waals surface area contributed by atoms with Crippen molar-refractivity contribution >= 4 is 22.7 Å². The molecule has 3 N–H and O–H groups in total. The minimum atomic E-state index is 0.308. The van der Waals surface area contributed by atoms with Crippen molar-refractivity contribution in [3.8, 4) is 5.75 Å². The Morgan fingerprint density at radius 1 is 1.25 bits per heavy atom. The number of nitrogens with one attached hydrogen (secondary N) is 3. The number of aromatic nitrogens is 4. The maximum absolute atomic E-state index is 5.75. The van der Waals surface area contributed by atoms with E-state index < -0.39 is 0 Å². The van der Waals surface area contributed by atoms with Gasteiger partial charge in [-0.15, -0.1) is 0 Å². The van der Waals surface area contributed by atoms with Gasteiger partial charge >= 0.3 is 0 Å². The van der Waals surface area contributed by atoms with Crippen LogP contribution in [0.15, 0.2) is 24.7 Å². The normalized spacial score (nSPS) is 19.1. The molecule has 4 heterocycles. The fraction of sp³-hybridized carbons (Fsp3) is 0.353. The highest BCUT2D eigenvalue weighted by Gasteiger charge is 2.25. The first kappa shape index (κ1) is 13.6. The molecule has 0 amide bonds. The summed E-state index contributed by atoms with van der Waals surface area (Å²) in [5.74, 6) is 2.27. The van der Waals surface area contributed by atoms with E-state index in [-0.39, 0.29) is 0 Å². The number of nitrogens with zero attached hydrogens (tertiary/aromatic N) is 3. The highest BCUT2D eigenvalue weighted by atomic mass is 16.5. The molecule has 122 valence electrons. The SMILES string of the molecule is c1cnc2c3c([nH]c2c1)CCC(Nc1ncnc2c1OCCN2)C3. The zero-order valence-electron chi connectivity index (χ0n) is 13.2. The molecular weight excluding hydrogens is 304 g/mol. The maximum atomic E-state index is 5.75. The molecule has 24 heavy (non-hydrogen) atoms. The lowest BCUT2D eigenvalue weighted by atomic mass is 9.92. The van der Waals surface area contributed by atoms with Crippen LogP contribution in [0.5, 0.6) is 5.75 Å². The van der Waals surface area contributed by atoms with Crippen molar-refractivity contribution in [1.29, 1.82) is 0 Å². The van der Waals surface area contributed by atoms with Crippen molar-refractivity contribution in [2.45, 2.75) is 25.3 Å². The Kier molecular flexibility index (Phi) is 3.04. The van der Waals surface area contributed by atoms with E-state index in [0.717, 1.165) is 54.2 Å². The Bertz CT molecular complexity index is 905. The summed E-state index contributed by atoms with van der Waals surface area (Å²) in [4.78, 5) is 16.7. The molecular formula is C17H18N6O. The van der Waals surface area contributed by atoms with Crippen LogP contribution in [0, 0.1) is 0 Å². The molecule has 1 aliphatic heterocycles. The quantitative estimate of drug-likeness (QED) is 0.670. The molecule has 1 atom stereocenters. The molecule has 0 bridgehead atoms. The van der Waals surface area contributed by atoms with Crippen LogP contribution in [-0.2, 0) is 12.8 Å². The summed E-state index contributed by atoms with van der Waals surface area (Å²) in [6.45, 7) is 1.41. The molecule has 7 heteroatoms. The van der Waals surface area contributed by atoms with Crippen LogP contribution < -0.4 is 15.4 Å². The highest BCUT2D eigenvalue weighted by Crippen LogP contribution is 2.34. The number of pyridine rings is 1. The van der Waals surface area contributed by atoms with E-state index in [1.165, 1.54) is 11.3 Å². The molecule has 0 spiro atoms. The van der Waals surface area contributed by atoms with Gasteiger partial charge in [-0.3, -0.25) is 4.98 Å². The van der Waals surface area contributed by atoms with Crippen LogP contribution in [0.3, 0.4) is 0 Å². The first-order valence-electron chi connectivity index (χ1n) is 8.31.